The van der Waals surface area contributed by atoms with Gasteiger partial charge >= 0.3 is 0 Å². The number of aromatic nitrogens is 1. The first-order valence-corrected chi connectivity index (χ1v) is 10.8. The number of guanidine groups is 1. The molecule has 0 spiro atoms. The number of rotatable bonds is 6. The van der Waals surface area contributed by atoms with Gasteiger partial charge in [-0.2, -0.15) is 0 Å². The van der Waals surface area contributed by atoms with Crippen LogP contribution in [0, 0.1) is 5.82 Å². The molecule has 2 aromatic carbocycles. The summed E-state index contributed by atoms with van der Waals surface area (Å²) < 4.78 is 18.6. The predicted octanol–water partition coefficient (Wildman–Crippen LogP) is 4.43. The zero-order valence-corrected chi connectivity index (χ0v) is 20.5. The van der Waals surface area contributed by atoms with Crippen LogP contribution in [0.1, 0.15) is 12.6 Å². The minimum absolute atomic E-state index is 0. The summed E-state index contributed by atoms with van der Waals surface area (Å²) in [4.78, 5) is 14.0. The van der Waals surface area contributed by atoms with Crippen molar-refractivity contribution in [2.24, 2.45) is 4.99 Å². The van der Waals surface area contributed by atoms with Gasteiger partial charge in [-0.05, 0) is 43.3 Å². The van der Waals surface area contributed by atoms with Crippen LogP contribution in [0.5, 0.6) is 0 Å². The lowest BCUT2D eigenvalue weighted by Gasteiger charge is -2.37. The summed E-state index contributed by atoms with van der Waals surface area (Å²) in [6, 6.07) is 16.7. The van der Waals surface area contributed by atoms with E-state index in [9.17, 15) is 4.39 Å². The smallest absolute Gasteiger partial charge is 0.226 e. The van der Waals surface area contributed by atoms with E-state index in [1.165, 1.54) is 17.8 Å². The highest BCUT2D eigenvalue weighted by Crippen LogP contribution is 2.19. The number of aliphatic imine (C=N–C) groups is 1. The number of piperazine rings is 1. The van der Waals surface area contributed by atoms with Crippen LogP contribution in [0.3, 0.4) is 0 Å². The second kappa shape index (κ2) is 11.8. The van der Waals surface area contributed by atoms with Crippen LogP contribution in [-0.4, -0.2) is 55.1 Å². The molecule has 4 rings (SSSR count). The predicted molar refractivity (Wildman–Crippen MR) is 137 cm³/mol. The Bertz CT molecular complexity index is 985. The van der Waals surface area contributed by atoms with E-state index in [1.807, 2.05) is 6.07 Å². The number of para-hydroxylation sites is 1. The van der Waals surface area contributed by atoms with Gasteiger partial charge in [-0.15, -0.1) is 24.0 Å². The van der Waals surface area contributed by atoms with E-state index in [4.69, 9.17) is 9.41 Å². The number of anilines is 1. The average Bonchev–Trinajstić information content (AvgIpc) is 3.29. The van der Waals surface area contributed by atoms with Crippen LogP contribution < -0.4 is 10.2 Å². The third-order valence-corrected chi connectivity index (χ3v) is 5.31. The largest absolute Gasteiger partial charge is 0.444 e. The van der Waals surface area contributed by atoms with Gasteiger partial charge in [-0.1, -0.05) is 18.2 Å². The van der Waals surface area contributed by atoms with Gasteiger partial charge in [0.25, 0.3) is 0 Å². The van der Waals surface area contributed by atoms with E-state index in [2.05, 4.69) is 51.3 Å². The molecule has 1 aliphatic heterocycles. The summed E-state index contributed by atoms with van der Waals surface area (Å²) in [5.74, 6) is 1.17. The third-order valence-electron chi connectivity index (χ3n) is 5.31. The average molecular weight is 549 g/mol. The number of nitrogens with one attached hydrogen (secondary N) is 1. The molecule has 0 bridgehead atoms. The molecule has 1 N–H and O–H groups in total. The summed E-state index contributed by atoms with van der Waals surface area (Å²) >= 11 is 0. The van der Waals surface area contributed by atoms with Crippen LogP contribution in [0.15, 0.2) is 70.3 Å². The Labute approximate surface area is 205 Å². The van der Waals surface area contributed by atoms with Gasteiger partial charge in [0.1, 0.15) is 12.1 Å². The Kier molecular flexibility index (Phi) is 8.90. The summed E-state index contributed by atoms with van der Waals surface area (Å²) in [7, 11) is 0. The molecule has 1 saturated heterocycles. The minimum atomic E-state index is -0.273. The van der Waals surface area contributed by atoms with Gasteiger partial charge in [0, 0.05) is 56.9 Å². The van der Waals surface area contributed by atoms with Gasteiger partial charge in [0.05, 0.1) is 5.69 Å². The molecule has 1 aromatic heterocycles. The maximum absolute atomic E-state index is 13.1. The molecule has 0 saturated carbocycles. The van der Waals surface area contributed by atoms with Crippen LogP contribution in [-0.2, 0) is 6.42 Å². The molecule has 170 valence electrons. The molecule has 1 aliphatic rings. The second-order valence-electron chi connectivity index (χ2n) is 7.45. The Hall–Kier alpha value is -2.62. The first kappa shape index (κ1) is 24.0. The normalized spacial score (nSPS) is 14.2. The van der Waals surface area contributed by atoms with Crippen molar-refractivity contribution < 1.29 is 8.81 Å². The molecule has 32 heavy (non-hydrogen) atoms. The summed E-state index contributed by atoms with van der Waals surface area (Å²) in [5, 5.41) is 3.41. The molecule has 1 fully saturated rings. The highest BCUT2D eigenvalue weighted by atomic mass is 127. The van der Waals surface area contributed by atoms with Crippen LogP contribution in [0.2, 0.25) is 0 Å². The van der Waals surface area contributed by atoms with Gasteiger partial charge < -0.3 is 19.5 Å². The molecule has 0 atom stereocenters. The highest BCUT2D eigenvalue weighted by molar-refractivity contribution is 14.0. The standard InChI is InChI=1S/C24H28FN5O.HI/c1-2-26-24(30-16-14-29(15-17-30)22-6-4-3-5-7-22)27-13-12-21-18-31-23(28-21)19-8-10-20(25)11-9-19;/h3-11,18H,2,12-17H2,1H3,(H,26,27);1H. The van der Waals surface area contributed by atoms with Crippen LogP contribution in [0.25, 0.3) is 11.5 Å². The molecular weight excluding hydrogens is 520 g/mol. The second-order valence-corrected chi connectivity index (χ2v) is 7.45. The van der Waals surface area contributed by atoms with Gasteiger partial charge in [-0.25, -0.2) is 9.37 Å². The fraction of sp³-hybridized carbons (Fsp3) is 0.333. The maximum atomic E-state index is 13.1. The summed E-state index contributed by atoms with van der Waals surface area (Å²) in [6.07, 6.45) is 2.34. The molecule has 0 radical (unpaired) electrons. The minimum Gasteiger partial charge on any atom is -0.444 e. The van der Waals surface area contributed by atoms with Crippen LogP contribution in [0.4, 0.5) is 10.1 Å². The van der Waals surface area contributed by atoms with Gasteiger partial charge in [-0.3, -0.25) is 4.99 Å². The Morgan fingerprint density at radius 1 is 1.06 bits per heavy atom. The Morgan fingerprint density at radius 2 is 1.78 bits per heavy atom. The molecule has 0 unspecified atom stereocenters. The lowest BCUT2D eigenvalue weighted by molar-refractivity contribution is 0.372. The number of hydrogen-bond acceptors (Lipinski definition) is 4. The first-order valence-electron chi connectivity index (χ1n) is 10.8. The van der Waals surface area contributed by atoms with E-state index in [-0.39, 0.29) is 29.8 Å². The molecule has 8 heteroatoms. The van der Waals surface area contributed by atoms with E-state index in [0.29, 0.717) is 18.9 Å². The highest BCUT2D eigenvalue weighted by Gasteiger charge is 2.19. The molecule has 6 nitrogen and oxygen atoms in total. The van der Waals surface area contributed by atoms with Crippen molar-refractivity contribution in [1.29, 1.82) is 0 Å². The number of hydrogen-bond donors (Lipinski definition) is 1. The van der Waals surface area contributed by atoms with Gasteiger partial charge in [0.2, 0.25) is 5.89 Å². The quantitative estimate of drug-likeness (QED) is 0.280. The summed E-state index contributed by atoms with van der Waals surface area (Å²) in [5.41, 5.74) is 2.88. The SMILES string of the molecule is CCNC(=NCCc1coc(-c2ccc(F)cc2)n1)N1CCN(c2ccccc2)CC1.I. The molecule has 0 amide bonds. The topological polar surface area (TPSA) is 56.9 Å². The number of oxazole rings is 1. The third kappa shape index (κ3) is 6.21. The van der Waals surface area contributed by atoms with E-state index in [0.717, 1.165) is 49.9 Å². The van der Waals surface area contributed by atoms with Crippen molar-refractivity contribution in [3.05, 3.63) is 72.4 Å². The monoisotopic (exact) mass is 549 g/mol. The molecule has 0 aliphatic carbocycles. The lowest BCUT2D eigenvalue weighted by atomic mass is 10.2. The molecular formula is C24H29FIN5O. The molecule has 2 heterocycles. The molecule has 3 aromatic rings. The Morgan fingerprint density at radius 3 is 2.47 bits per heavy atom. The summed E-state index contributed by atoms with van der Waals surface area (Å²) in [6.45, 7) is 7.34. The zero-order chi connectivity index (χ0) is 21.5. The zero-order valence-electron chi connectivity index (χ0n) is 18.2. The van der Waals surface area contributed by atoms with Crippen molar-refractivity contribution in [1.82, 2.24) is 15.2 Å². The first-order chi connectivity index (χ1) is 15.2. The number of benzene rings is 2. The van der Waals surface area contributed by atoms with Crippen molar-refractivity contribution in [3.8, 4) is 11.5 Å². The van der Waals surface area contributed by atoms with Crippen molar-refractivity contribution in [3.63, 3.8) is 0 Å². The number of halogens is 2. The van der Waals surface area contributed by atoms with Crippen molar-refractivity contribution in [2.75, 3.05) is 44.2 Å². The lowest BCUT2D eigenvalue weighted by Crippen LogP contribution is -2.52. The fourth-order valence-electron chi connectivity index (χ4n) is 3.66. The maximum Gasteiger partial charge on any atom is 0.226 e. The van der Waals surface area contributed by atoms with E-state index in [1.54, 1.807) is 18.4 Å². The Balaban J connectivity index is 0.00000289. The van der Waals surface area contributed by atoms with E-state index >= 15 is 0 Å². The number of nitrogens with zero attached hydrogens (tertiary/aromatic N) is 4. The van der Waals surface area contributed by atoms with Crippen molar-refractivity contribution >= 4 is 35.6 Å². The van der Waals surface area contributed by atoms with Crippen molar-refractivity contribution in [2.45, 2.75) is 13.3 Å². The fourth-order valence-corrected chi connectivity index (χ4v) is 3.66. The van der Waals surface area contributed by atoms with Crippen LogP contribution >= 0.6 is 24.0 Å². The van der Waals surface area contributed by atoms with E-state index < -0.39 is 0 Å². The van der Waals surface area contributed by atoms with Gasteiger partial charge in [0.15, 0.2) is 5.96 Å².